The molecule has 1 N–H and O–H groups in total. The molecule has 0 spiro atoms. The lowest BCUT2D eigenvalue weighted by Gasteiger charge is -2.10. The topological polar surface area (TPSA) is 69.0 Å². The van der Waals surface area contributed by atoms with Crippen molar-refractivity contribution < 1.29 is 9.53 Å². The fourth-order valence-electron chi connectivity index (χ4n) is 2.22. The highest BCUT2D eigenvalue weighted by molar-refractivity contribution is 6.33. The Morgan fingerprint density at radius 1 is 1.24 bits per heavy atom. The van der Waals surface area contributed by atoms with Crippen molar-refractivity contribution in [3.05, 3.63) is 71.1 Å². The molecule has 3 rings (SSSR count). The third-order valence-electron chi connectivity index (χ3n) is 3.50. The van der Waals surface area contributed by atoms with Crippen LogP contribution in [0, 0.1) is 0 Å². The average molecular weight is 357 g/mol. The normalized spacial score (nSPS) is 10.5. The Bertz CT molecular complexity index is 865. The minimum atomic E-state index is -0.341. The molecule has 0 fully saturated rings. The van der Waals surface area contributed by atoms with Crippen LogP contribution < -0.4 is 10.1 Å². The average Bonchev–Trinajstić information content (AvgIpc) is 3.02. The first-order valence-electron chi connectivity index (χ1n) is 7.85. The number of aryl methyl sites for hydroxylation is 1. The smallest absolute Gasteiger partial charge is 0.273 e. The predicted molar refractivity (Wildman–Crippen MR) is 94.8 cm³/mol. The number of carbonyl (C=O) groups excluding carboxylic acids is 1. The first-order valence-corrected chi connectivity index (χ1v) is 8.23. The monoisotopic (exact) mass is 356 g/mol. The van der Waals surface area contributed by atoms with E-state index in [0.29, 0.717) is 23.2 Å². The Morgan fingerprint density at radius 2 is 2.04 bits per heavy atom. The summed E-state index contributed by atoms with van der Waals surface area (Å²) < 4.78 is 7.40. The number of nitrogens with zero attached hydrogens (tertiary/aromatic N) is 3. The number of halogens is 1. The molecular formula is C18H17ClN4O2. The summed E-state index contributed by atoms with van der Waals surface area (Å²) in [7, 11) is 0. The highest BCUT2D eigenvalue weighted by Crippen LogP contribution is 2.22. The summed E-state index contributed by atoms with van der Waals surface area (Å²) in [5, 5.41) is 7.28. The van der Waals surface area contributed by atoms with Crippen molar-refractivity contribution in [1.29, 1.82) is 0 Å². The summed E-state index contributed by atoms with van der Waals surface area (Å²) in [5.74, 6) is 0.782. The van der Waals surface area contributed by atoms with E-state index >= 15 is 0 Å². The van der Waals surface area contributed by atoms with Gasteiger partial charge in [0, 0.05) is 31.0 Å². The Labute approximate surface area is 150 Å². The molecule has 0 aliphatic carbocycles. The van der Waals surface area contributed by atoms with Gasteiger partial charge in [-0.2, -0.15) is 5.10 Å². The van der Waals surface area contributed by atoms with Gasteiger partial charge in [0.15, 0.2) is 5.69 Å². The number of nitrogens with one attached hydrogen (secondary N) is 1. The molecule has 0 aliphatic heterocycles. The second-order valence-electron chi connectivity index (χ2n) is 5.25. The molecule has 1 amide bonds. The lowest BCUT2D eigenvalue weighted by atomic mass is 10.2. The predicted octanol–water partition coefficient (Wildman–Crippen LogP) is 3.67. The van der Waals surface area contributed by atoms with Crippen LogP contribution in [0.1, 0.15) is 23.0 Å². The van der Waals surface area contributed by atoms with E-state index in [-0.39, 0.29) is 18.1 Å². The van der Waals surface area contributed by atoms with Crippen molar-refractivity contribution in [3.63, 3.8) is 0 Å². The number of amides is 1. The SMILES string of the molecule is CCn1cc(Cl)c(C(=O)NCc2cccnc2Oc2ccccc2)n1. The van der Waals surface area contributed by atoms with E-state index < -0.39 is 0 Å². The number of benzene rings is 1. The minimum absolute atomic E-state index is 0.206. The van der Waals surface area contributed by atoms with Crippen LogP contribution in [0.2, 0.25) is 5.02 Å². The molecule has 0 bridgehead atoms. The van der Waals surface area contributed by atoms with Crippen LogP contribution in [0.15, 0.2) is 54.9 Å². The number of para-hydroxylation sites is 1. The first-order chi connectivity index (χ1) is 12.2. The number of carbonyl (C=O) groups is 1. The third-order valence-corrected chi connectivity index (χ3v) is 3.78. The van der Waals surface area contributed by atoms with E-state index in [2.05, 4.69) is 15.4 Å². The van der Waals surface area contributed by atoms with Gasteiger partial charge in [0.25, 0.3) is 5.91 Å². The van der Waals surface area contributed by atoms with E-state index in [1.165, 1.54) is 0 Å². The number of ether oxygens (including phenoxy) is 1. The second kappa shape index (κ2) is 7.81. The summed E-state index contributed by atoms with van der Waals surface area (Å²) in [6.45, 7) is 2.82. The van der Waals surface area contributed by atoms with E-state index in [1.807, 2.05) is 43.3 Å². The molecule has 0 atom stereocenters. The summed E-state index contributed by atoms with van der Waals surface area (Å²) >= 11 is 6.06. The lowest BCUT2D eigenvalue weighted by Crippen LogP contribution is -2.24. The van der Waals surface area contributed by atoms with Gasteiger partial charge in [-0.25, -0.2) is 4.98 Å². The van der Waals surface area contributed by atoms with Crippen molar-refractivity contribution in [1.82, 2.24) is 20.1 Å². The highest BCUT2D eigenvalue weighted by atomic mass is 35.5. The zero-order chi connectivity index (χ0) is 17.6. The Hall–Kier alpha value is -2.86. The summed E-state index contributed by atoms with van der Waals surface area (Å²) in [6, 6.07) is 13.0. The van der Waals surface area contributed by atoms with E-state index in [1.54, 1.807) is 23.1 Å². The molecule has 25 heavy (non-hydrogen) atoms. The molecule has 2 aromatic heterocycles. The van der Waals surface area contributed by atoms with Gasteiger partial charge in [-0.05, 0) is 25.1 Å². The molecule has 7 heteroatoms. The van der Waals surface area contributed by atoms with Crippen LogP contribution in [0.25, 0.3) is 0 Å². The molecule has 0 saturated heterocycles. The molecule has 0 saturated carbocycles. The lowest BCUT2D eigenvalue weighted by molar-refractivity contribution is 0.0945. The summed E-state index contributed by atoms with van der Waals surface area (Å²) in [6.07, 6.45) is 3.27. The number of pyridine rings is 1. The molecule has 2 heterocycles. The molecule has 6 nitrogen and oxygen atoms in total. The number of rotatable bonds is 6. The van der Waals surface area contributed by atoms with E-state index in [0.717, 1.165) is 5.56 Å². The maximum absolute atomic E-state index is 12.3. The van der Waals surface area contributed by atoms with Crippen LogP contribution in [-0.2, 0) is 13.1 Å². The standard InChI is InChI=1S/C18H17ClN4O2/c1-2-23-12-15(19)16(22-23)17(24)21-11-13-7-6-10-20-18(13)25-14-8-4-3-5-9-14/h3-10,12H,2,11H2,1H3,(H,21,24). The number of hydrogen-bond acceptors (Lipinski definition) is 4. The Morgan fingerprint density at radius 3 is 2.76 bits per heavy atom. The van der Waals surface area contributed by atoms with Crippen LogP contribution >= 0.6 is 11.6 Å². The molecular weight excluding hydrogens is 340 g/mol. The zero-order valence-corrected chi connectivity index (χ0v) is 14.4. The molecule has 0 radical (unpaired) electrons. The van der Waals surface area contributed by atoms with Crippen LogP contribution in [0.5, 0.6) is 11.6 Å². The number of aromatic nitrogens is 3. The second-order valence-corrected chi connectivity index (χ2v) is 5.65. The minimum Gasteiger partial charge on any atom is -0.439 e. The largest absolute Gasteiger partial charge is 0.439 e. The molecule has 1 aromatic carbocycles. The van der Waals surface area contributed by atoms with Gasteiger partial charge in [0.05, 0.1) is 5.02 Å². The van der Waals surface area contributed by atoms with Crippen molar-refractivity contribution in [2.45, 2.75) is 20.0 Å². The fourth-order valence-corrected chi connectivity index (χ4v) is 2.46. The van der Waals surface area contributed by atoms with Crippen molar-refractivity contribution in [3.8, 4) is 11.6 Å². The first kappa shape index (κ1) is 17.0. The van der Waals surface area contributed by atoms with Gasteiger partial charge in [-0.15, -0.1) is 0 Å². The molecule has 128 valence electrons. The Balaban J connectivity index is 1.71. The van der Waals surface area contributed by atoms with Crippen LogP contribution in [0.4, 0.5) is 0 Å². The summed E-state index contributed by atoms with van der Waals surface area (Å²) in [4.78, 5) is 16.5. The Kier molecular flexibility index (Phi) is 5.30. The third kappa shape index (κ3) is 4.16. The van der Waals surface area contributed by atoms with Crippen molar-refractivity contribution >= 4 is 17.5 Å². The van der Waals surface area contributed by atoms with Gasteiger partial charge in [0.2, 0.25) is 5.88 Å². The van der Waals surface area contributed by atoms with Crippen molar-refractivity contribution in [2.24, 2.45) is 0 Å². The maximum Gasteiger partial charge on any atom is 0.273 e. The van der Waals surface area contributed by atoms with Gasteiger partial charge in [-0.3, -0.25) is 9.48 Å². The van der Waals surface area contributed by atoms with Crippen LogP contribution in [0.3, 0.4) is 0 Å². The zero-order valence-electron chi connectivity index (χ0n) is 13.6. The van der Waals surface area contributed by atoms with Gasteiger partial charge in [0.1, 0.15) is 5.75 Å². The summed E-state index contributed by atoms with van der Waals surface area (Å²) in [5.41, 5.74) is 0.962. The highest BCUT2D eigenvalue weighted by Gasteiger charge is 2.16. The van der Waals surface area contributed by atoms with Gasteiger partial charge in [-0.1, -0.05) is 35.9 Å². The molecule has 0 aliphatic rings. The van der Waals surface area contributed by atoms with E-state index in [4.69, 9.17) is 16.3 Å². The van der Waals surface area contributed by atoms with E-state index in [9.17, 15) is 4.79 Å². The molecule has 3 aromatic rings. The van der Waals surface area contributed by atoms with Gasteiger partial charge < -0.3 is 10.1 Å². The number of hydrogen-bond donors (Lipinski definition) is 1. The fraction of sp³-hybridized carbons (Fsp3) is 0.167. The maximum atomic E-state index is 12.3. The molecule has 0 unspecified atom stereocenters. The van der Waals surface area contributed by atoms with Gasteiger partial charge >= 0.3 is 0 Å². The quantitative estimate of drug-likeness (QED) is 0.731. The van der Waals surface area contributed by atoms with Crippen LogP contribution in [-0.4, -0.2) is 20.7 Å². The van der Waals surface area contributed by atoms with Crippen molar-refractivity contribution in [2.75, 3.05) is 0 Å².